The van der Waals surface area contributed by atoms with Gasteiger partial charge in [-0.3, -0.25) is 4.79 Å². The number of benzene rings is 1. The Labute approximate surface area is 119 Å². The van der Waals surface area contributed by atoms with Crippen LogP contribution in [0.2, 0.25) is 0 Å². The number of ether oxygens (including phenoxy) is 2. The molecule has 0 radical (unpaired) electrons. The summed E-state index contributed by atoms with van der Waals surface area (Å²) in [4.78, 5) is 12.2. The van der Waals surface area contributed by atoms with E-state index in [9.17, 15) is 4.79 Å². The largest absolute Gasteiger partial charge is 0.497 e. The van der Waals surface area contributed by atoms with E-state index < -0.39 is 5.54 Å². The molecule has 0 spiro atoms. The number of carbonyl (C=O) groups is 1. The predicted molar refractivity (Wildman–Crippen MR) is 77.4 cm³/mol. The van der Waals surface area contributed by atoms with Crippen LogP contribution in [0.1, 0.15) is 24.2 Å². The monoisotopic (exact) mass is 288 g/mol. The molecule has 0 unspecified atom stereocenters. The van der Waals surface area contributed by atoms with Gasteiger partial charge in [-0.2, -0.15) is 0 Å². The molecule has 1 amide bonds. The van der Waals surface area contributed by atoms with Crippen LogP contribution in [0, 0.1) is 0 Å². The van der Waals surface area contributed by atoms with Gasteiger partial charge in [0.1, 0.15) is 11.5 Å². The quantitative estimate of drug-likeness (QED) is 0.863. The summed E-state index contributed by atoms with van der Waals surface area (Å²) in [6.07, 6.45) is 0. The SMILES string of the molecule is COc1ccc(OC)c(C(=O)NC(C)(C)CN)c1.Cl. The van der Waals surface area contributed by atoms with Gasteiger partial charge in [-0.1, -0.05) is 0 Å². The second-order valence-corrected chi connectivity index (χ2v) is 4.61. The molecular formula is C13H21ClN2O3. The first-order valence-electron chi connectivity index (χ1n) is 5.68. The average molecular weight is 289 g/mol. The first kappa shape index (κ1) is 17.5. The maximum absolute atomic E-state index is 12.2. The molecule has 0 fully saturated rings. The van der Waals surface area contributed by atoms with Gasteiger partial charge in [-0.15, -0.1) is 12.4 Å². The third-order valence-corrected chi connectivity index (χ3v) is 2.61. The van der Waals surface area contributed by atoms with Crippen molar-refractivity contribution in [3.63, 3.8) is 0 Å². The fourth-order valence-corrected chi connectivity index (χ4v) is 1.42. The van der Waals surface area contributed by atoms with Crippen LogP contribution in [0.5, 0.6) is 11.5 Å². The number of nitrogens with two attached hydrogens (primary N) is 1. The predicted octanol–water partition coefficient (Wildman–Crippen LogP) is 1.59. The van der Waals surface area contributed by atoms with Gasteiger partial charge in [-0.05, 0) is 32.0 Å². The number of nitrogens with one attached hydrogen (secondary N) is 1. The summed E-state index contributed by atoms with van der Waals surface area (Å²) in [6, 6.07) is 5.08. The van der Waals surface area contributed by atoms with Crippen LogP contribution in [0.15, 0.2) is 18.2 Å². The Morgan fingerprint density at radius 2 is 1.95 bits per heavy atom. The molecule has 6 heteroatoms. The molecule has 5 nitrogen and oxygen atoms in total. The minimum absolute atomic E-state index is 0. The van der Waals surface area contributed by atoms with Gasteiger partial charge in [-0.25, -0.2) is 0 Å². The zero-order valence-electron chi connectivity index (χ0n) is 11.6. The number of carbonyl (C=O) groups excluding carboxylic acids is 1. The van der Waals surface area contributed by atoms with Crippen LogP contribution in [0.4, 0.5) is 0 Å². The third kappa shape index (κ3) is 4.61. The summed E-state index contributed by atoms with van der Waals surface area (Å²) in [5.74, 6) is 0.869. The van der Waals surface area contributed by atoms with Gasteiger partial charge in [0.05, 0.1) is 19.8 Å². The van der Waals surface area contributed by atoms with Crippen molar-refractivity contribution in [2.45, 2.75) is 19.4 Å². The Morgan fingerprint density at radius 3 is 2.42 bits per heavy atom. The second kappa shape index (κ2) is 7.21. The summed E-state index contributed by atoms with van der Waals surface area (Å²) in [5.41, 5.74) is 5.55. The van der Waals surface area contributed by atoms with E-state index in [2.05, 4.69) is 5.32 Å². The molecule has 108 valence electrons. The van der Waals surface area contributed by atoms with E-state index in [-0.39, 0.29) is 18.3 Å². The lowest BCUT2D eigenvalue weighted by Gasteiger charge is -2.24. The van der Waals surface area contributed by atoms with E-state index in [1.807, 2.05) is 13.8 Å². The minimum Gasteiger partial charge on any atom is -0.497 e. The van der Waals surface area contributed by atoms with Crippen LogP contribution in [-0.2, 0) is 0 Å². The highest BCUT2D eigenvalue weighted by atomic mass is 35.5. The van der Waals surface area contributed by atoms with Crippen molar-refractivity contribution in [1.82, 2.24) is 5.32 Å². The van der Waals surface area contributed by atoms with Gasteiger partial charge in [0.2, 0.25) is 0 Å². The first-order valence-corrected chi connectivity index (χ1v) is 5.68. The van der Waals surface area contributed by atoms with E-state index >= 15 is 0 Å². The number of hydrogen-bond donors (Lipinski definition) is 2. The number of amides is 1. The van der Waals surface area contributed by atoms with Crippen molar-refractivity contribution in [2.24, 2.45) is 5.73 Å². The summed E-state index contributed by atoms with van der Waals surface area (Å²) in [5, 5.41) is 2.85. The van der Waals surface area contributed by atoms with Crippen molar-refractivity contribution in [3.05, 3.63) is 23.8 Å². The molecule has 0 atom stereocenters. The van der Waals surface area contributed by atoms with E-state index in [0.717, 1.165) is 0 Å². The fourth-order valence-electron chi connectivity index (χ4n) is 1.42. The van der Waals surface area contributed by atoms with Gasteiger partial charge >= 0.3 is 0 Å². The molecule has 0 heterocycles. The fraction of sp³-hybridized carbons (Fsp3) is 0.462. The smallest absolute Gasteiger partial charge is 0.255 e. The molecule has 0 bridgehead atoms. The highest BCUT2D eigenvalue weighted by Gasteiger charge is 2.21. The van der Waals surface area contributed by atoms with Crippen molar-refractivity contribution in [2.75, 3.05) is 20.8 Å². The van der Waals surface area contributed by atoms with Crippen LogP contribution in [0.25, 0.3) is 0 Å². The zero-order chi connectivity index (χ0) is 13.8. The highest BCUT2D eigenvalue weighted by Crippen LogP contribution is 2.24. The molecule has 0 aliphatic carbocycles. The summed E-state index contributed by atoms with van der Waals surface area (Å²) in [6.45, 7) is 4.07. The molecule has 1 aromatic carbocycles. The maximum Gasteiger partial charge on any atom is 0.255 e. The normalized spacial score (nSPS) is 10.4. The van der Waals surface area contributed by atoms with Crippen LogP contribution in [-0.4, -0.2) is 32.2 Å². The number of halogens is 1. The number of methoxy groups -OCH3 is 2. The molecule has 19 heavy (non-hydrogen) atoms. The molecule has 0 aliphatic heterocycles. The van der Waals surface area contributed by atoms with Gasteiger partial charge < -0.3 is 20.5 Å². The Bertz CT molecular complexity index is 436. The van der Waals surface area contributed by atoms with Crippen LogP contribution < -0.4 is 20.5 Å². The molecule has 0 aromatic heterocycles. The van der Waals surface area contributed by atoms with E-state index in [4.69, 9.17) is 15.2 Å². The van der Waals surface area contributed by atoms with Gasteiger partial charge in [0.25, 0.3) is 5.91 Å². The molecule has 3 N–H and O–H groups in total. The van der Waals surface area contributed by atoms with Crippen molar-refractivity contribution < 1.29 is 14.3 Å². The maximum atomic E-state index is 12.2. The van der Waals surface area contributed by atoms with E-state index in [1.165, 1.54) is 7.11 Å². The molecule has 1 rings (SSSR count). The van der Waals surface area contributed by atoms with E-state index in [0.29, 0.717) is 23.6 Å². The molecule has 0 aliphatic rings. The first-order chi connectivity index (χ1) is 8.43. The summed E-state index contributed by atoms with van der Waals surface area (Å²) < 4.78 is 10.3. The number of rotatable bonds is 5. The molecule has 0 saturated heterocycles. The topological polar surface area (TPSA) is 73.6 Å². The van der Waals surface area contributed by atoms with Gasteiger partial charge in [0.15, 0.2) is 0 Å². The molecule has 1 aromatic rings. The van der Waals surface area contributed by atoms with Crippen LogP contribution in [0.3, 0.4) is 0 Å². The standard InChI is InChI=1S/C13H20N2O3.ClH/c1-13(2,8-14)15-12(16)10-7-9(17-3)5-6-11(10)18-4;/h5-7H,8,14H2,1-4H3,(H,15,16);1H. The molecular weight excluding hydrogens is 268 g/mol. The van der Waals surface area contributed by atoms with Crippen LogP contribution >= 0.6 is 12.4 Å². The second-order valence-electron chi connectivity index (χ2n) is 4.61. The Morgan fingerprint density at radius 1 is 1.32 bits per heavy atom. The summed E-state index contributed by atoms with van der Waals surface area (Å²) in [7, 11) is 3.07. The highest BCUT2D eigenvalue weighted by molar-refractivity contribution is 5.97. The third-order valence-electron chi connectivity index (χ3n) is 2.61. The lowest BCUT2D eigenvalue weighted by molar-refractivity contribution is 0.0912. The summed E-state index contributed by atoms with van der Waals surface area (Å²) >= 11 is 0. The average Bonchev–Trinajstić information content (AvgIpc) is 2.37. The Balaban J connectivity index is 0.00000324. The van der Waals surface area contributed by atoms with Crippen molar-refractivity contribution in [3.8, 4) is 11.5 Å². The molecule has 0 saturated carbocycles. The number of hydrogen-bond acceptors (Lipinski definition) is 4. The Hall–Kier alpha value is -1.46. The van der Waals surface area contributed by atoms with Crippen molar-refractivity contribution >= 4 is 18.3 Å². The Kier molecular flexibility index (Phi) is 6.65. The van der Waals surface area contributed by atoms with E-state index in [1.54, 1.807) is 25.3 Å². The lowest BCUT2D eigenvalue weighted by atomic mass is 10.0. The van der Waals surface area contributed by atoms with Gasteiger partial charge in [0, 0.05) is 12.1 Å². The zero-order valence-corrected chi connectivity index (χ0v) is 12.5. The van der Waals surface area contributed by atoms with Crippen molar-refractivity contribution in [1.29, 1.82) is 0 Å². The lowest BCUT2D eigenvalue weighted by Crippen LogP contribution is -2.48. The minimum atomic E-state index is -0.467.